The zero-order valence-corrected chi connectivity index (χ0v) is 6.53. The molecule has 0 saturated carbocycles. The van der Waals surface area contributed by atoms with Crippen LogP contribution in [0.3, 0.4) is 0 Å². The first-order valence-corrected chi connectivity index (χ1v) is 3.76. The lowest BCUT2D eigenvalue weighted by Gasteiger charge is -2.16. The second kappa shape index (κ2) is 3.19. The van der Waals surface area contributed by atoms with E-state index in [1.165, 1.54) is 11.8 Å². The summed E-state index contributed by atoms with van der Waals surface area (Å²) in [6.07, 6.45) is -0.726. The Bertz CT molecular complexity index is 158. The predicted octanol–water partition coefficient (Wildman–Crippen LogP) is -1.04. The molecule has 1 aliphatic heterocycles. The van der Waals surface area contributed by atoms with Gasteiger partial charge in [-0.15, -0.1) is 0 Å². The first-order valence-electron chi connectivity index (χ1n) is 3.76. The number of nitrogens with zero attached hydrogens (tertiary/aromatic N) is 1. The molecule has 0 bridgehead atoms. The van der Waals surface area contributed by atoms with Crippen molar-refractivity contribution in [3.05, 3.63) is 0 Å². The Morgan fingerprint density at radius 2 is 2.36 bits per heavy atom. The van der Waals surface area contributed by atoms with E-state index in [0.29, 0.717) is 19.5 Å². The topological polar surface area (TPSA) is 60.8 Å². The highest BCUT2D eigenvalue weighted by molar-refractivity contribution is 5.80. The molecule has 0 aromatic rings. The number of aliphatic hydroxyl groups is 2. The molecule has 4 nitrogen and oxygen atoms in total. The van der Waals surface area contributed by atoms with Crippen LogP contribution in [0, 0.1) is 0 Å². The van der Waals surface area contributed by atoms with Gasteiger partial charge in [-0.05, 0) is 13.3 Å². The van der Waals surface area contributed by atoms with Gasteiger partial charge in [0, 0.05) is 13.1 Å². The summed E-state index contributed by atoms with van der Waals surface area (Å²) < 4.78 is 0. The molecule has 64 valence electrons. The van der Waals surface area contributed by atoms with E-state index in [-0.39, 0.29) is 5.91 Å². The number of carbonyl (C=O) groups excluding carboxylic acids is 1. The number of hydrogen-bond donors (Lipinski definition) is 2. The van der Waals surface area contributed by atoms with Crippen molar-refractivity contribution in [3.63, 3.8) is 0 Å². The van der Waals surface area contributed by atoms with Gasteiger partial charge in [0.15, 0.2) is 0 Å². The molecule has 11 heavy (non-hydrogen) atoms. The third kappa shape index (κ3) is 1.91. The molecule has 1 rings (SSSR count). The molecule has 1 unspecified atom stereocenters. The summed E-state index contributed by atoms with van der Waals surface area (Å²) in [6.45, 7) is 2.36. The van der Waals surface area contributed by atoms with Gasteiger partial charge in [-0.25, -0.2) is 0 Å². The molecule has 0 aromatic carbocycles. The predicted molar refractivity (Wildman–Crippen MR) is 38.9 cm³/mol. The first-order chi connectivity index (χ1) is 5.11. The molecule has 0 radical (unpaired) electrons. The van der Waals surface area contributed by atoms with Crippen LogP contribution in [0.15, 0.2) is 0 Å². The zero-order valence-electron chi connectivity index (χ0n) is 6.53. The van der Waals surface area contributed by atoms with Crippen molar-refractivity contribution in [2.24, 2.45) is 0 Å². The second-order valence-electron chi connectivity index (χ2n) is 2.90. The van der Waals surface area contributed by atoms with Gasteiger partial charge in [0.2, 0.25) is 0 Å². The number of hydrogen-bond acceptors (Lipinski definition) is 3. The molecule has 1 heterocycles. The van der Waals surface area contributed by atoms with Crippen molar-refractivity contribution in [3.8, 4) is 0 Å². The standard InChI is InChI=1S/C7H13NO3/c1-5(9)7(11)8-3-2-6(10)4-8/h5-6,9-10H,2-4H2,1H3/t5-,6?/m1/s1. The van der Waals surface area contributed by atoms with E-state index >= 15 is 0 Å². The Morgan fingerprint density at radius 1 is 1.73 bits per heavy atom. The summed E-state index contributed by atoms with van der Waals surface area (Å²) >= 11 is 0. The van der Waals surface area contributed by atoms with Crippen molar-refractivity contribution < 1.29 is 15.0 Å². The molecule has 1 saturated heterocycles. The van der Waals surface area contributed by atoms with E-state index in [1.807, 2.05) is 0 Å². The van der Waals surface area contributed by atoms with Crippen LogP contribution >= 0.6 is 0 Å². The Balaban J connectivity index is 2.43. The molecule has 1 fully saturated rings. The van der Waals surface area contributed by atoms with E-state index in [9.17, 15) is 4.79 Å². The summed E-state index contributed by atoms with van der Waals surface area (Å²) in [5, 5.41) is 17.9. The van der Waals surface area contributed by atoms with Crippen LogP contribution in [0.5, 0.6) is 0 Å². The summed E-state index contributed by atoms with van der Waals surface area (Å²) in [7, 11) is 0. The Hall–Kier alpha value is -0.610. The number of aliphatic hydroxyl groups excluding tert-OH is 2. The van der Waals surface area contributed by atoms with Crippen molar-refractivity contribution >= 4 is 5.91 Å². The largest absolute Gasteiger partial charge is 0.391 e. The summed E-state index contributed by atoms with van der Waals surface area (Å²) in [4.78, 5) is 12.5. The highest BCUT2D eigenvalue weighted by Gasteiger charge is 2.26. The van der Waals surface area contributed by atoms with Crippen molar-refractivity contribution in [2.45, 2.75) is 25.6 Å². The SMILES string of the molecule is C[C@@H](O)C(=O)N1CCC(O)C1. The normalized spacial score (nSPS) is 27.2. The van der Waals surface area contributed by atoms with Gasteiger partial charge in [0.25, 0.3) is 5.91 Å². The van der Waals surface area contributed by atoms with Crippen LogP contribution < -0.4 is 0 Å². The van der Waals surface area contributed by atoms with Crippen LogP contribution in [0.1, 0.15) is 13.3 Å². The molecular formula is C7H13NO3. The molecule has 1 amide bonds. The molecule has 4 heteroatoms. The minimum atomic E-state index is -0.944. The van der Waals surface area contributed by atoms with E-state index in [0.717, 1.165) is 0 Å². The lowest BCUT2D eigenvalue weighted by molar-refractivity contribution is -0.138. The Kier molecular flexibility index (Phi) is 2.46. The lowest BCUT2D eigenvalue weighted by atomic mass is 10.3. The highest BCUT2D eigenvalue weighted by Crippen LogP contribution is 2.09. The molecule has 2 atom stereocenters. The van der Waals surface area contributed by atoms with Crippen LogP contribution in [-0.4, -0.2) is 46.3 Å². The smallest absolute Gasteiger partial charge is 0.251 e. The fraction of sp³-hybridized carbons (Fsp3) is 0.857. The molecule has 0 aliphatic carbocycles. The van der Waals surface area contributed by atoms with Crippen LogP contribution in [0.25, 0.3) is 0 Å². The quantitative estimate of drug-likeness (QED) is 0.514. The summed E-state index contributed by atoms with van der Waals surface area (Å²) in [5.74, 6) is -0.290. The van der Waals surface area contributed by atoms with Crippen molar-refractivity contribution in [1.29, 1.82) is 0 Å². The third-order valence-electron chi connectivity index (χ3n) is 1.83. The van der Waals surface area contributed by atoms with Gasteiger partial charge < -0.3 is 15.1 Å². The maximum absolute atomic E-state index is 11.1. The van der Waals surface area contributed by atoms with E-state index in [2.05, 4.69) is 0 Å². The van der Waals surface area contributed by atoms with Crippen LogP contribution in [0.4, 0.5) is 0 Å². The van der Waals surface area contributed by atoms with Gasteiger partial charge in [-0.3, -0.25) is 4.79 Å². The molecular weight excluding hydrogens is 146 g/mol. The highest BCUT2D eigenvalue weighted by atomic mass is 16.3. The van der Waals surface area contributed by atoms with Gasteiger partial charge in [0.1, 0.15) is 6.10 Å². The number of rotatable bonds is 1. The van der Waals surface area contributed by atoms with Gasteiger partial charge >= 0.3 is 0 Å². The summed E-state index contributed by atoms with van der Waals surface area (Å²) in [6, 6.07) is 0. The number of likely N-dealkylation sites (tertiary alicyclic amines) is 1. The van der Waals surface area contributed by atoms with Gasteiger partial charge in [-0.1, -0.05) is 0 Å². The second-order valence-corrected chi connectivity index (χ2v) is 2.90. The van der Waals surface area contributed by atoms with Gasteiger partial charge in [-0.2, -0.15) is 0 Å². The lowest BCUT2D eigenvalue weighted by Crippen LogP contribution is -2.36. The molecule has 0 spiro atoms. The zero-order chi connectivity index (χ0) is 8.43. The van der Waals surface area contributed by atoms with Gasteiger partial charge in [0.05, 0.1) is 6.10 Å². The molecule has 1 aliphatic rings. The fourth-order valence-electron chi connectivity index (χ4n) is 1.21. The Morgan fingerprint density at radius 3 is 2.73 bits per heavy atom. The number of amides is 1. The maximum atomic E-state index is 11.1. The average molecular weight is 159 g/mol. The fourth-order valence-corrected chi connectivity index (χ4v) is 1.21. The third-order valence-corrected chi connectivity index (χ3v) is 1.83. The summed E-state index contributed by atoms with van der Waals surface area (Å²) in [5.41, 5.74) is 0. The monoisotopic (exact) mass is 159 g/mol. The van der Waals surface area contributed by atoms with E-state index in [1.54, 1.807) is 0 Å². The first kappa shape index (κ1) is 8.49. The molecule has 0 aromatic heterocycles. The number of carbonyl (C=O) groups is 1. The van der Waals surface area contributed by atoms with Crippen molar-refractivity contribution in [1.82, 2.24) is 4.90 Å². The van der Waals surface area contributed by atoms with E-state index < -0.39 is 12.2 Å². The minimum absolute atomic E-state index is 0.290. The van der Waals surface area contributed by atoms with Crippen LogP contribution in [-0.2, 0) is 4.79 Å². The molecule has 2 N–H and O–H groups in total. The maximum Gasteiger partial charge on any atom is 0.251 e. The van der Waals surface area contributed by atoms with Crippen molar-refractivity contribution in [2.75, 3.05) is 13.1 Å². The minimum Gasteiger partial charge on any atom is -0.391 e. The van der Waals surface area contributed by atoms with Crippen LogP contribution in [0.2, 0.25) is 0 Å². The Labute approximate surface area is 65.4 Å². The number of β-amino-alcohol motifs (C(OH)–C–C–N with tert-alkyl or cyclic N) is 1. The van der Waals surface area contributed by atoms with E-state index in [4.69, 9.17) is 10.2 Å². The average Bonchev–Trinajstić information content (AvgIpc) is 2.34.